The number of nitrogens with one attached hydrogen (secondary N) is 3. The van der Waals surface area contributed by atoms with Crippen molar-refractivity contribution in [1.82, 2.24) is 20.5 Å². The van der Waals surface area contributed by atoms with Crippen LogP contribution in [-0.2, 0) is 38.3 Å². The highest BCUT2D eigenvalue weighted by molar-refractivity contribution is 6.03. The molecule has 0 bridgehead atoms. The molecule has 18 heteroatoms. The quantitative estimate of drug-likeness (QED) is 0.0513. The first-order valence-electron chi connectivity index (χ1n) is 21.2. The average molecular weight is 853 g/mol. The Morgan fingerprint density at radius 2 is 1.59 bits per heavy atom. The van der Waals surface area contributed by atoms with Crippen molar-refractivity contribution in [2.45, 2.75) is 135 Å². The van der Waals surface area contributed by atoms with Gasteiger partial charge in [0.2, 0.25) is 23.6 Å². The van der Waals surface area contributed by atoms with Crippen molar-refractivity contribution in [3.63, 3.8) is 0 Å². The molecule has 1 aromatic rings. The van der Waals surface area contributed by atoms with Crippen LogP contribution in [0.5, 0.6) is 0 Å². The minimum Gasteiger partial charge on any atom is -0.466 e. The maximum absolute atomic E-state index is 14.5. The van der Waals surface area contributed by atoms with Gasteiger partial charge in [0.05, 0.1) is 24.6 Å². The Bertz CT molecular complexity index is 1920. The third-order valence-corrected chi connectivity index (χ3v) is 12.2. The number of pyridine rings is 1. The number of allylic oxidation sites excluding steroid dienone is 1. The molecule has 18 nitrogen and oxygen atoms in total. The van der Waals surface area contributed by atoms with Crippen LogP contribution in [0, 0.1) is 39.2 Å². The Balaban J connectivity index is 1.57. The molecule has 1 aliphatic heterocycles. The number of methoxy groups -OCH3 is 1. The zero-order chi connectivity index (χ0) is 45.0. The molecule has 2 aliphatic carbocycles. The third kappa shape index (κ3) is 13.2. The molecule has 3 fully saturated rings. The number of likely N-dealkylation sites (tertiary alicyclic amines) is 1. The number of rotatable bonds is 19. The summed E-state index contributed by atoms with van der Waals surface area (Å²) in [6, 6.07) is -2.78. The second-order valence-corrected chi connectivity index (χ2v) is 17.7. The Labute approximate surface area is 354 Å². The summed E-state index contributed by atoms with van der Waals surface area (Å²) < 4.78 is 4.60. The van der Waals surface area contributed by atoms with Gasteiger partial charge in [-0.05, 0) is 55.8 Å². The number of nitro groups is 1. The molecule has 4 amide bonds. The monoisotopic (exact) mass is 852 g/mol. The Kier molecular flexibility index (Phi) is 17.2. The third-order valence-electron chi connectivity index (χ3n) is 12.2. The first-order chi connectivity index (χ1) is 28.8. The van der Waals surface area contributed by atoms with E-state index >= 15 is 0 Å². The molecule has 1 saturated heterocycles. The highest BCUT2D eigenvalue weighted by Gasteiger charge is 2.46. The van der Waals surface area contributed by atoms with Crippen LogP contribution in [0.1, 0.15) is 127 Å². The minimum atomic E-state index is -1.33. The molecule has 5 atom stereocenters. The SMILES string of the molecule is COC(=O)/C=C/CC[C@H](CC(=O)c1c[nH]c(=O)c([N+](=O)[O-])c1)C(=O)N[C@H](C(=O)N1CC(=O)C[C@H]1C(=O)N[C@H](C(=O)C[C@H](C(N)=O)C1CCCCC1)C1CCCCC1)C(C)(C)C. The molecule has 1 aromatic heterocycles. The van der Waals surface area contributed by atoms with Crippen LogP contribution >= 0.6 is 0 Å². The van der Waals surface area contributed by atoms with Gasteiger partial charge in [-0.2, -0.15) is 0 Å². The number of hydrogen-bond acceptors (Lipinski definition) is 12. The lowest BCUT2D eigenvalue weighted by atomic mass is 9.75. The average Bonchev–Trinajstić information content (AvgIpc) is 3.63. The summed E-state index contributed by atoms with van der Waals surface area (Å²) in [6.07, 6.45) is 11.2. The van der Waals surface area contributed by atoms with E-state index in [1.807, 2.05) is 0 Å². The zero-order valence-corrected chi connectivity index (χ0v) is 35.5. The van der Waals surface area contributed by atoms with E-state index < -0.39 is 106 Å². The van der Waals surface area contributed by atoms with Gasteiger partial charge < -0.3 is 31.0 Å². The van der Waals surface area contributed by atoms with Crippen molar-refractivity contribution in [2.24, 2.45) is 34.8 Å². The molecule has 3 aliphatic rings. The van der Waals surface area contributed by atoms with Gasteiger partial charge in [-0.15, -0.1) is 0 Å². The van der Waals surface area contributed by atoms with Gasteiger partial charge in [-0.3, -0.25) is 48.5 Å². The highest BCUT2D eigenvalue weighted by atomic mass is 16.6. The first-order valence-corrected chi connectivity index (χ1v) is 21.2. The van der Waals surface area contributed by atoms with Gasteiger partial charge in [0.15, 0.2) is 17.3 Å². The van der Waals surface area contributed by atoms with E-state index in [2.05, 4.69) is 20.4 Å². The molecule has 2 heterocycles. The number of aromatic nitrogens is 1. The number of carbonyl (C=O) groups is 8. The maximum Gasteiger partial charge on any atom is 0.334 e. The van der Waals surface area contributed by atoms with Crippen LogP contribution in [-0.4, -0.2) is 93.5 Å². The number of Topliss-reactive ketones (excluding diaryl/α,β-unsaturated/α-hetero) is 3. The van der Waals surface area contributed by atoms with Crippen LogP contribution in [0.15, 0.2) is 29.2 Å². The minimum absolute atomic E-state index is 0.0251. The topological polar surface area (TPSA) is 275 Å². The number of H-pyrrole nitrogens is 1. The number of nitrogens with zero attached hydrogens (tertiary/aromatic N) is 2. The van der Waals surface area contributed by atoms with Crippen molar-refractivity contribution in [3.8, 4) is 0 Å². The van der Waals surface area contributed by atoms with Crippen molar-refractivity contribution in [3.05, 3.63) is 50.4 Å². The Morgan fingerprint density at radius 1 is 0.967 bits per heavy atom. The van der Waals surface area contributed by atoms with Gasteiger partial charge in [-0.25, -0.2) is 4.79 Å². The molecule has 334 valence electrons. The van der Waals surface area contributed by atoms with Crippen LogP contribution in [0.3, 0.4) is 0 Å². The molecular formula is C43H60N6O12. The molecule has 0 unspecified atom stereocenters. The largest absolute Gasteiger partial charge is 0.466 e. The van der Waals surface area contributed by atoms with Crippen molar-refractivity contribution in [2.75, 3.05) is 13.7 Å². The molecule has 0 radical (unpaired) electrons. The predicted molar refractivity (Wildman–Crippen MR) is 220 cm³/mol. The van der Waals surface area contributed by atoms with E-state index in [9.17, 15) is 53.3 Å². The summed E-state index contributed by atoms with van der Waals surface area (Å²) in [5.41, 5.74) is 2.70. The van der Waals surface area contributed by atoms with Crippen LogP contribution in [0.4, 0.5) is 5.69 Å². The van der Waals surface area contributed by atoms with E-state index in [1.54, 1.807) is 20.8 Å². The normalized spacial score (nSPS) is 19.7. The second-order valence-electron chi connectivity index (χ2n) is 17.7. The first kappa shape index (κ1) is 48.1. The van der Waals surface area contributed by atoms with Gasteiger partial charge in [0.25, 0.3) is 0 Å². The number of amides is 4. The van der Waals surface area contributed by atoms with E-state index in [0.29, 0.717) is 12.8 Å². The van der Waals surface area contributed by atoms with E-state index in [4.69, 9.17) is 5.73 Å². The zero-order valence-electron chi connectivity index (χ0n) is 35.5. The fourth-order valence-electron chi connectivity index (χ4n) is 8.77. The number of hydrogen-bond donors (Lipinski definition) is 4. The summed E-state index contributed by atoms with van der Waals surface area (Å²) in [7, 11) is 1.19. The number of esters is 1. The number of ether oxygens (including phenoxy) is 1. The fraction of sp³-hybridized carbons (Fsp3) is 0.651. The van der Waals surface area contributed by atoms with Crippen molar-refractivity contribution >= 4 is 52.6 Å². The molecule has 4 rings (SSSR count). The van der Waals surface area contributed by atoms with Crippen molar-refractivity contribution in [1.29, 1.82) is 0 Å². The maximum atomic E-state index is 14.5. The number of ketones is 3. The predicted octanol–water partition coefficient (Wildman–Crippen LogP) is 3.39. The molecule has 5 N–H and O–H groups in total. The van der Waals surface area contributed by atoms with Crippen molar-refractivity contribution < 1.29 is 48.0 Å². The van der Waals surface area contributed by atoms with Gasteiger partial charge in [0.1, 0.15) is 12.1 Å². The van der Waals surface area contributed by atoms with E-state index in [1.165, 1.54) is 13.2 Å². The van der Waals surface area contributed by atoms with Gasteiger partial charge in [0, 0.05) is 55.0 Å². The van der Waals surface area contributed by atoms with Gasteiger partial charge >= 0.3 is 17.2 Å². The molecule has 61 heavy (non-hydrogen) atoms. The summed E-state index contributed by atoms with van der Waals surface area (Å²) in [5, 5.41) is 17.0. The number of nitrogens with two attached hydrogens (primary N) is 1. The molecule has 2 saturated carbocycles. The smallest absolute Gasteiger partial charge is 0.334 e. The lowest BCUT2D eigenvalue weighted by molar-refractivity contribution is -0.386. The summed E-state index contributed by atoms with van der Waals surface area (Å²) in [6.45, 7) is 4.57. The van der Waals surface area contributed by atoms with E-state index in [0.717, 1.165) is 74.6 Å². The standard InChI is InChI=1S/C43H60N6O12/c1-43(2,3)37(47-39(55)27(17-11-12-18-35(53)61-4)20-33(51)28-19-32(49(59)60)40(56)45-23-28)42(58)48-24-29(50)21-31(48)41(57)46-36(26-15-9-6-10-16-26)34(52)22-30(38(44)54)25-13-7-5-8-14-25/h12,18-19,23,25-27,30-31,36-37H,5-11,13-17,20-22,24H2,1-4H3,(H2,44,54)(H,45,56)(H,46,57)(H,47,55)/b18-12+/t27-,30+,31+,36+,37-/m1/s1. The summed E-state index contributed by atoms with van der Waals surface area (Å²) in [4.78, 5) is 133. The lowest BCUT2D eigenvalue weighted by Crippen LogP contribution is -2.59. The number of carbonyl (C=O) groups excluding carboxylic acids is 8. The van der Waals surface area contributed by atoms with E-state index in [-0.39, 0.29) is 48.9 Å². The summed E-state index contributed by atoms with van der Waals surface area (Å²) in [5.74, 6) is -6.91. The lowest BCUT2D eigenvalue weighted by Gasteiger charge is -2.37. The van der Waals surface area contributed by atoms with Crippen LogP contribution < -0.4 is 21.9 Å². The van der Waals surface area contributed by atoms with Gasteiger partial charge in [-0.1, -0.05) is 65.4 Å². The molecule has 0 spiro atoms. The highest BCUT2D eigenvalue weighted by Crippen LogP contribution is 2.34. The molecule has 0 aromatic carbocycles. The summed E-state index contributed by atoms with van der Waals surface area (Å²) >= 11 is 0. The Hall–Kier alpha value is -5.55. The number of primary amides is 1. The second kappa shape index (κ2) is 21.8. The Morgan fingerprint density at radius 3 is 2.16 bits per heavy atom. The molecular weight excluding hydrogens is 793 g/mol. The number of aromatic amines is 1. The fourth-order valence-corrected chi connectivity index (χ4v) is 8.77. The van der Waals surface area contributed by atoms with Crippen LogP contribution in [0.2, 0.25) is 0 Å². The van der Waals surface area contributed by atoms with Crippen LogP contribution in [0.25, 0.3) is 0 Å².